The van der Waals surface area contributed by atoms with Gasteiger partial charge >= 0.3 is 0 Å². The number of aryl methyl sites for hydroxylation is 1. The van der Waals surface area contributed by atoms with Crippen molar-refractivity contribution in [2.24, 2.45) is 0 Å². The fraction of sp³-hybridized carbons (Fsp3) is 0.222. The summed E-state index contributed by atoms with van der Waals surface area (Å²) in [6.07, 6.45) is 3.18. The lowest BCUT2D eigenvalue weighted by Crippen LogP contribution is -2.30. The molecule has 1 unspecified atom stereocenters. The highest BCUT2D eigenvalue weighted by Gasteiger charge is 2.19. The molecule has 0 saturated carbocycles. The first-order valence-electron chi connectivity index (χ1n) is 7.78. The summed E-state index contributed by atoms with van der Waals surface area (Å²) in [5.41, 5.74) is 2.02. The van der Waals surface area contributed by atoms with Crippen LogP contribution >= 0.6 is 0 Å². The molecule has 1 amide bonds. The fourth-order valence-corrected chi connectivity index (χ4v) is 2.49. The number of ether oxygens (including phenoxy) is 1. The molecule has 2 aromatic heterocycles. The third kappa shape index (κ3) is 3.56. The lowest BCUT2D eigenvalue weighted by atomic mass is 10.2. The minimum Gasteiger partial charge on any atom is -0.494 e. The van der Waals surface area contributed by atoms with E-state index in [0.717, 1.165) is 11.3 Å². The highest BCUT2D eigenvalue weighted by molar-refractivity contribution is 5.92. The minimum atomic E-state index is -0.624. The van der Waals surface area contributed by atoms with E-state index in [1.807, 2.05) is 25.1 Å². The molecule has 0 aliphatic heterocycles. The molecule has 3 rings (SSSR count). The van der Waals surface area contributed by atoms with E-state index in [-0.39, 0.29) is 12.3 Å². The van der Waals surface area contributed by atoms with Crippen LogP contribution in [0.2, 0.25) is 0 Å². The Bertz CT molecular complexity index is 855. The van der Waals surface area contributed by atoms with Gasteiger partial charge in [0.1, 0.15) is 23.2 Å². The number of aliphatic hydroxyl groups is 1. The van der Waals surface area contributed by atoms with Gasteiger partial charge in [0.15, 0.2) is 5.69 Å². The molecule has 0 aliphatic rings. The van der Waals surface area contributed by atoms with E-state index >= 15 is 0 Å². The van der Waals surface area contributed by atoms with Crippen molar-refractivity contribution in [3.8, 4) is 11.4 Å². The Kier molecular flexibility index (Phi) is 4.85. The summed E-state index contributed by atoms with van der Waals surface area (Å²) in [5.74, 6) is 0.737. The summed E-state index contributed by atoms with van der Waals surface area (Å²) >= 11 is 0. The summed E-state index contributed by atoms with van der Waals surface area (Å²) in [6.45, 7) is 1.70. The van der Waals surface area contributed by atoms with Gasteiger partial charge in [-0.25, -0.2) is 4.68 Å². The Balaban J connectivity index is 1.81. The summed E-state index contributed by atoms with van der Waals surface area (Å²) < 4.78 is 12.2. The van der Waals surface area contributed by atoms with Gasteiger partial charge in [-0.15, -0.1) is 0 Å². The summed E-state index contributed by atoms with van der Waals surface area (Å²) in [7, 11) is 1.58. The second-order valence-corrected chi connectivity index (χ2v) is 5.54. The van der Waals surface area contributed by atoms with Crippen LogP contribution in [0.15, 0.2) is 53.3 Å². The molecule has 25 heavy (non-hydrogen) atoms. The van der Waals surface area contributed by atoms with Crippen LogP contribution in [0.3, 0.4) is 0 Å². The van der Waals surface area contributed by atoms with E-state index in [4.69, 9.17) is 9.15 Å². The van der Waals surface area contributed by atoms with E-state index in [1.165, 1.54) is 6.26 Å². The maximum absolute atomic E-state index is 12.4. The maximum atomic E-state index is 12.4. The number of carbonyl (C=O) groups is 1. The predicted octanol–water partition coefficient (Wildman–Crippen LogP) is 2.25. The SMILES string of the molecule is COc1ccc(C)cc1-n1ccc(C(=O)NC(CO)c2ccco2)n1. The van der Waals surface area contributed by atoms with Crippen molar-refractivity contribution in [3.63, 3.8) is 0 Å². The Morgan fingerprint density at radius 3 is 2.92 bits per heavy atom. The Hall–Kier alpha value is -3.06. The average molecular weight is 341 g/mol. The molecule has 1 aromatic carbocycles. The topological polar surface area (TPSA) is 89.5 Å². The first kappa shape index (κ1) is 16.8. The van der Waals surface area contributed by atoms with Crippen LogP contribution in [-0.2, 0) is 0 Å². The van der Waals surface area contributed by atoms with Gasteiger partial charge in [-0.2, -0.15) is 5.10 Å². The van der Waals surface area contributed by atoms with Gasteiger partial charge in [0, 0.05) is 6.20 Å². The van der Waals surface area contributed by atoms with Crippen LogP contribution in [-0.4, -0.2) is 34.5 Å². The second kappa shape index (κ2) is 7.23. The van der Waals surface area contributed by atoms with Gasteiger partial charge in [0.25, 0.3) is 5.91 Å². The number of nitrogens with zero attached hydrogens (tertiary/aromatic N) is 2. The number of benzene rings is 1. The molecule has 7 heteroatoms. The predicted molar refractivity (Wildman–Crippen MR) is 90.9 cm³/mol. The lowest BCUT2D eigenvalue weighted by Gasteiger charge is -2.13. The van der Waals surface area contributed by atoms with Crippen molar-refractivity contribution < 1.29 is 19.1 Å². The van der Waals surface area contributed by atoms with Gasteiger partial charge in [0.05, 0.1) is 20.0 Å². The molecule has 0 aliphatic carbocycles. The smallest absolute Gasteiger partial charge is 0.272 e. The van der Waals surface area contributed by atoms with E-state index in [2.05, 4.69) is 10.4 Å². The Labute approximate surface area is 144 Å². The van der Waals surface area contributed by atoms with Crippen LogP contribution in [0.25, 0.3) is 5.69 Å². The number of aliphatic hydroxyl groups excluding tert-OH is 1. The van der Waals surface area contributed by atoms with Crippen molar-refractivity contribution >= 4 is 5.91 Å². The standard InChI is InChI=1S/C18H19N3O4/c1-12-5-6-17(24-2)15(10-12)21-8-7-13(20-21)18(23)19-14(11-22)16-4-3-9-25-16/h3-10,14,22H,11H2,1-2H3,(H,19,23). The monoisotopic (exact) mass is 341 g/mol. The molecule has 7 nitrogen and oxygen atoms in total. The highest BCUT2D eigenvalue weighted by Crippen LogP contribution is 2.23. The quantitative estimate of drug-likeness (QED) is 0.718. The zero-order valence-electron chi connectivity index (χ0n) is 14.0. The molecule has 0 radical (unpaired) electrons. The van der Waals surface area contributed by atoms with E-state index in [9.17, 15) is 9.90 Å². The van der Waals surface area contributed by atoms with Crippen molar-refractivity contribution in [1.82, 2.24) is 15.1 Å². The van der Waals surface area contributed by atoms with Gasteiger partial charge < -0.3 is 19.6 Å². The van der Waals surface area contributed by atoms with Gasteiger partial charge in [-0.3, -0.25) is 4.79 Å². The molecule has 3 aromatic rings. The normalized spacial score (nSPS) is 12.0. The molecule has 1 atom stereocenters. The number of hydrogen-bond donors (Lipinski definition) is 2. The third-order valence-corrected chi connectivity index (χ3v) is 3.78. The van der Waals surface area contributed by atoms with Crippen LogP contribution in [0.1, 0.15) is 27.9 Å². The summed E-state index contributed by atoms with van der Waals surface area (Å²) in [5, 5.41) is 16.5. The first-order chi connectivity index (χ1) is 12.1. The molecular formula is C18H19N3O4. The third-order valence-electron chi connectivity index (χ3n) is 3.78. The maximum Gasteiger partial charge on any atom is 0.272 e. The number of carbonyl (C=O) groups excluding carboxylic acids is 1. The molecular weight excluding hydrogens is 322 g/mol. The van der Waals surface area contributed by atoms with E-state index in [0.29, 0.717) is 11.5 Å². The second-order valence-electron chi connectivity index (χ2n) is 5.54. The number of rotatable bonds is 6. The molecule has 0 bridgehead atoms. The first-order valence-corrected chi connectivity index (χ1v) is 7.78. The number of furan rings is 1. The van der Waals surface area contributed by atoms with Crippen LogP contribution < -0.4 is 10.1 Å². The highest BCUT2D eigenvalue weighted by atomic mass is 16.5. The Morgan fingerprint density at radius 1 is 1.40 bits per heavy atom. The van der Waals surface area contributed by atoms with E-state index < -0.39 is 11.9 Å². The van der Waals surface area contributed by atoms with Gasteiger partial charge in [-0.1, -0.05) is 6.07 Å². The van der Waals surface area contributed by atoms with Gasteiger partial charge in [0.2, 0.25) is 0 Å². The lowest BCUT2D eigenvalue weighted by molar-refractivity contribution is 0.0902. The molecule has 2 heterocycles. The molecule has 0 fully saturated rings. The molecule has 0 saturated heterocycles. The molecule has 2 N–H and O–H groups in total. The molecule has 0 spiro atoms. The van der Waals surface area contributed by atoms with Crippen LogP contribution in [0, 0.1) is 6.92 Å². The fourth-order valence-electron chi connectivity index (χ4n) is 2.49. The largest absolute Gasteiger partial charge is 0.494 e. The zero-order valence-corrected chi connectivity index (χ0v) is 14.0. The van der Waals surface area contributed by atoms with E-state index in [1.54, 1.807) is 36.2 Å². The number of aromatic nitrogens is 2. The number of methoxy groups -OCH3 is 1. The molecule has 130 valence electrons. The van der Waals surface area contributed by atoms with Crippen LogP contribution in [0.5, 0.6) is 5.75 Å². The summed E-state index contributed by atoms with van der Waals surface area (Å²) in [6, 6.07) is 10.1. The number of hydrogen-bond acceptors (Lipinski definition) is 5. The van der Waals surface area contributed by atoms with Crippen molar-refractivity contribution in [1.29, 1.82) is 0 Å². The van der Waals surface area contributed by atoms with Crippen molar-refractivity contribution in [2.45, 2.75) is 13.0 Å². The van der Waals surface area contributed by atoms with Crippen molar-refractivity contribution in [2.75, 3.05) is 13.7 Å². The van der Waals surface area contributed by atoms with Gasteiger partial charge in [-0.05, 0) is 42.8 Å². The minimum absolute atomic E-state index is 0.230. The number of amides is 1. The van der Waals surface area contributed by atoms with Crippen LogP contribution in [0.4, 0.5) is 0 Å². The number of nitrogens with one attached hydrogen (secondary N) is 1. The zero-order chi connectivity index (χ0) is 17.8. The summed E-state index contributed by atoms with van der Waals surface area (Å²) in [4.78, 5) is 12.4. The average Bonchev–Trinajstić information content (AvgIpc) is 3.31. The van der Waals surface area contributed by atoms with Crippen molar-refractivity contribution in [3.05, 3.63) is 65.9 Å². The Morgan fingerprint density at radius 2 is 2.24 bits per heavy atom.